The van der Waals surface area contributed by atoms with E-state index in [4.69, 9.17) is 0 Å². The fraction of sp³-hybridized carbons (Fsp3) is 0.458. The van der Waals surface area contributed by atoms with Gasteiger partial charge in [0.2, 0.25) is 0 Å². The van der Waals surface area contributed by atoms with Gasteiger partial charge in [0.05, 0.1) is 11.3 Å². The molecule has 8 heteroatoms. The van der Waals surface area contributed by atoms with Crippen molar-refractivity contribution in [1.82, 2.24) is 4.90 Å². The van der Waals surface area contributed by atoms with Gasteiger partial charge in [-0.15, -0.1) is 0 Å². The lowest BCUT2D eigenvalue weighted by Crippen LogP contribution is -2.44. The molecule has 0 spiro atoms. The summed E-state index contributed by atoms with van der Waals surface area (Å²) in [4.78, 5) is 18.8. The lowest BCUT2D eigenvalue weighted by Gasteiger charge is -2.34. The molecule has 1 aliphatic heterocycles. The van der Waals surface area contributed by atoms with Crippen molar-refractivity contribution in [3.05, 3.63) is 53.6 Å². The standard InChI is InChI=1S/C24H31F3N4O/c1-4-5-12-30(3)19-8-6-18(7-9-19)23(32)28-22-11-10-20(17-21(22)24(25,26)27)31-15-13-29(2)14-16-31/h6-11,17H,4-5,12-16H2,1-3H3,(H,28,32). The first-order chi connectivity index (χ1) is 15.2. The Morgan fingerprint density at radius 2 is 1.72 bits per heavy atom. The number of nitrogens with one attached hydrogen (secondary N) is 1. The van der Waals surface area contributed by atoms with E-state index in [2.05, 4.69) is 22.0 Å². The zero-order valence-electron chi connectivity index (χ0n) is 18.9. The summed E-state index contributed by atoms with van der Waals surface area (Å²) in [6.45, 7) is 5.94. The van der Waals surface area contributed by atoms with E-state index in [1.165, 1.54) is 6.07 Å². The number of piperazine rings is 1. The zero-order chi connectivity index (χ0) is 23.3. The second kappa shape index (κ2) is 10.3. The zero-order valence-corrected chi connectivity index (χ0v) is 18.9. The van der Waals surface area contributed by atoms with Crippen LogP contribution in [0.2, 0.25) is 0 Å². The van der Waals surface area contributed by atoms with Crippen molar-refractivity contribution in [2.75, 3.05) is 61.9 Å². The van der Waals surface area contributed by atoms with Gasteiger partial charge in [-0.05, 0) is 55.9 Å². The van der Waals surface area contributed by atoms with Crippen molar-refractivity contribution in [3.63, 3.8) is 0 Å². The molecule has 0 saturated carbocycles. The van der Waals surface area contributed by atoms with Crippen LogP contribution >= 0.6 is 0 Å². The first-order valence-corrected chi connectivity index (χ1v) is 11.0. The highest BCUT2D eigenvalue weighted by molar-refractivity contribution is 6.05. The van der Waals surface area contributed by atoms with Gasteiger partial charge in [-0.25, -0.2) is 0 Å². The van der Waals surface area contributed by atoms with Crippen LogP contribution in [0.1, 0.15) is 35.7 Å². The molecular weight excluding hydrogens is 417 g/mol. The molecule has 1 amide bonds. The van der Waals surface area contributed by atoms with Gasteiger partial charge in [-0.3, -0.25) is 4.79 Å². The highest BCUT2D eigenvalue weighted by Gasteiger charge is 2.35. The molecule has 5 nitrogen and oxygen atoms in total. The molecule has 1 fully saturated rings. The fourth-order valence-electron chi connectivity index (χ4n) is 3.72. The molecule has 2 aromatic carbocycles. The number of halogens is 3. The summed E-state index contributed by atoms with van der Waals surface area (Å²) in [5, 5.41) is 2.45. The number of hydrogen-bond donors (Lipinski definition) is 1. The Hall–Kier alpha value is -2.74. The molecule has 1 saturated heterocycles. The summed E-state index contributed by atoms with van der Waals surface area (Å²) in [5.74, 6) is -0.564. The largest absolute Gasteiger partial charge is 0.418 e. The maximum Gasteiger partial charge on any atom is 0.418 e. The minimum Gasteiger partial charge on any atom is -0.375 e. The Morgan fingerprint density at radius 3 is 2.31 bits per heavy atom. The summed E-state index contributed by atoms with van der Waals surface area (Å²) in [7, 11) is 3.97. The van der Waals surface area contributed by atoms with E-state index in [1.807, 2.05) is 31.1 Å². The van der Waals surface area contributed by atoms with Gasteiger partial charge in [-0.2, -0.15) is 13.2 Å². The Morgan fingerprint density at radius 1 is 1.06 bits per heavy atom. The average Bonchev–Trinajstić information content (AvgIpc) is 2.77. The van der Waals surface area contributed by atoms with E-state index in [0.29, 0.717) is 24.3 Å². The molecule has 1 aliphatic rings. The molecule has 0 unspecified atom stereocenters. The molecule has 0 aliphatic carbocycles. The van der Waals surface area contributed by atoms with Crippen LogP contribution in [-0.4, -0.2) is 57.6 Å². The van der Waals surface area contributed by atoms with Crippen molar-refractivity contribution in [2.45, 2.75) is 25.9 Å². The summed E-state index contributed by atoms with van der Waals surface area (Å²) < 4.78 is 41.3. The van der Waals surface area contributed by atoms with E-state index >= 15 is 0 Å². The van der Waals surface area contributed by atoms with Gasteiger partial charge in [0, 0.05) is 56.7 Å². The number of rotatable bonds is 7. The number of alkyl halides is 3. The first kappa shape index (κ1) is 23.9. The molecule has 0 bridgehead atoms. The van der Waals surface area contributed by atoms with Crippen LogP contribution in [0.15, 0.2) is 42.5 Å². The van der Waals surface area contributed by atoms with Crippen molar-refractivity contribution < 1.29 is 18.0 Å². The number of amides is 1. The molecule has 3 rings (SSSR count). The molecular formula is C24H31F3N4O. The quantitative estimate of drug-likeness (QED) is 0.651. The van der Waals surface area contributed by atoms with Crippen LogP contribution in [0.3, 0.4) is 0 Å². The number of hydrogen-bond acceptors (Lipinski definition) is 4. The number of anilines is 3. The van der Waals surface area contributed by atoms with Gasteiger partial charge < -0.3 is 20.0 Å². The van der Waals surface area contributed by atoms with E-state index < -0.39 is 17.6 Å². The summed E-state index contributed by atoms with van der Waals surface area (Å²) in [6.07, 6.45) is -2.43. The van der Waals surface area contributed by atoms with Crippen molar-refractivity contribution in [1.29, 1.82) is 0 Å². The predicted octanol–water partition coefficient (Wildman–Crippen LogP) is 4.95. The minimum atomic E-state index is -4.57. The van der Waals surface area contributed by atoms with Crippen LogP contribution in [0.5, 0.6) is 0 Å². The van der Waals surface area contributed by atoms with E-state index in [-0.39, 0.29) is 5.69 Å². The predicted molar refractivity (Wildman–Crippen MR) is 124 cm³/mol. The maximum absolute atomic E-state index is 13.8. The van der Waals surface area contributed by atoms with Gasteiger partial charge in [0.1, 0.15) is 0 Å². The normalized spacial score (nSPS) is 15.0. The second-order valence-electron chi connectivity index (χ2n) is 8.29. The van der Waals surface area contributed by atoms with Crippen molar-refractivity contribution >= 4 is 23.0 Å². The summed E-state index contributed by atoms with van der Waals surface area (Å²) in [5.41, 5.74) is 0.724. The third-order valence-corrected chi connectivity index (χ3v) is 5.84. The molecule has 2 aromatic rings. The maximum atomic E-state index is 13.8. The first-order valence-electron chi connectivity index (χ1n) is 11.0. The Kier molecular flexibility index (Phi) is 7.66. The molecule has 0 aromatic heterocycles. The van der Waals surface area contributed by atoms with Gasteiger partial charge >= 0.3 is 6.18 Å². The highest BCUT2D eigenvalue weighted by atomic mass is 19.4. The Labute approximate surface area is 187 Å². The highest BCUT2D eigenvalue weighted by Crippen LogP contribution is 2.37. The third-order valence-electron chi connectivity index (χ3n) is 5.84. The number of likely N-dealkylation sites (N-methyl/N-ethyl adjacent to an activating group) is 1. The number of benzene rings is 2. The number of carbonyl (C=O) groups excluding carboxylic acids is 1. The lowest BCUT2D eigenvalue weighted by atomic mass is 10.1. The molecule has 174 valence electrons. The van der Waals surface area contributed by atoms with Gasteiger partial charge in [0.15, 0.2) is 0 Å². The van der Waals surface area contributed by atoms with Crippen LogP contribution in [0, 0.1) is 0 Å². The van der Waals surface area contributed by atoms with Crippen LogP contribution in [0.25, 0.3) is 0 Å². The monoisotopic (exact) mass is 448 g/mol. The number of unbranched alkanes of at least 4 members (excludes halogenated alkanes) is 1. The smallest absolute Gasteiger partial charge is 0.375 e. The summed E-state index contributed by atoms with van der Waals surface area (Å²) in [6, 6.07) is 11.0. The lowest BCUT2D eigenvalue weighted by molar-refractivity contribution is -0.136. The molecule has 32 heavy (non-hydrogen) atoms. The SMILES string of the molecule is CCCCN(C)c1ccc(C(=O)Nc2ccc(N3CCN(C)CC3)cc2C(F)(F)F)cc1. The molecule has 0 atom stereocenters. The van der Waals surface area contributed by atoms with E-state index in [1.54, 1.807) is 18.2 Å². The van der Waals surface area contributed by atoms with Gasteiger partial charge in [-0.1, -0.05) is 13.3 Å². The molecule has 1 heterocycles. The van der Waals surface area contributed by atoms with E-state index in [0.717, 1.165) is 44.2 Å². The summed E-state index contributed by atoms with van der Waals surface area (Å²) >= 11 is 0. The van der Waals surface area contributed by atoms with Crippen LogP contribution in [0.4, 0.5) is 30.2 Å². The average molecular weight is 449 g/mol. The third kappa shape index (κ3) is 5.94. The van der Waals surface area contributed by atoms with Crippen molar-refractivity contribution in [2.24, 2.45) is 0 Å². The van der Waals surface area contributed by atoms with E-state index in [9.17, 15) is 18.0 Å². The van der Waals surface area contributed by atoms with Crippen LogP contribution < -0.4 is 15.1 Å². The number of carbonyl (C=O) groups is 1. The Bertz CT molecular complexity index is 906. The Balaban J connectivity index is 1.76. The van der Waals surface area contributed by atoms with Crippen LogP contribution in [-0.2, 0) is 6.18 Å². The van der Waals surface area contributed by atoms with Crippen molar-refractivity contribution in [3.8, 4) is 0 Å². The minimum absolute atomic E-state index is 0.232. The number of nitrogens with zero attached hydrogens (tertiary/aromatic N) is 3. The molecule has 0 radical (unpaired) electrons. The molecule has 1 N–H and O–H groups in total. The second-order valence-corrected chi connectivity index (χ2v) is 8.29. The fourth-order valence-corrected chi connectivity index (χ4v) is 3.72. The van der Waals surface area contributed by atoms with Gasteiger partial charge in [0.25, 0.3) is 5.91 Å². The topological polar surface area (TPSA) is 38.8 Å².